The molecule has 0 aliphatic rings. The highest BCUT2D eigenvalue weighted by Gasteiger charge is 1.95. The number of hydrogen-bond acceptors (Lipinski definition) is 1. The van der Waals surface area contributed by atoms with Crippen LogP contribution in [-0.4, -0.2) is 13.1 Å². The summed E-state index contributed by atoms with van der Waals surface area (Å²) in [5.41, 5.74) is 2.23. The fourth-order valence-corrected chi connectivity index (χ4v) is 1.35. The average molecular weight is 207 g/mol. The van der Waals surface area contributed by atoms with Gasteiger partial charge in [-0.3, -0.25) is 0 Å². The lowest BCUT2D eigenvalue weighted by Crippen LogP contribution is -2.18. The van der Waals surface area contributed by atoms with Crippen LogP contribution in [0, 0.1) is 5.82 Å². The molecule has 1 nitrogen and oxygen atoms in total. The van der Waals surface area contributed by atoms with Gasteiger partial charge in [-0.2, -0.15) is 0 Å². The highest BCUT2D eigenvalue weighted by molar-refractivity contribution is 5.16. The number of hydrogen-bond donors (Lipinski definition) is 1. The lowest BCUT2D eigenvalue weighted by Gasteiger charge is -2.04. The van der Waals surface area contributed by atoms with Gasteiger partial charge in [-0.25, -0.2) is 4.39 Å². The van der Waals surface area contributed by atoms with Gasteiger partial charge in [0.1, 0.15) is 5.82 Å². The smallest absolute Gasteiger partial charge is 0.123 e. The van der Waals surface area contributed by atoms with Crippen molar-refractivity contribution < 1.29 is 4.39 Å². The third-order valence-corrected chi connectivity index (χ3v) is 2.21. The fourth-order valence-electron chi connectivity index (χ4n) is 1.35. The Labute approximate surface area is 91.0 Å². The Hall–Kier alpha value is -1.15. The largest absolute Gasteiger partial charge is 0.316 e. The molecule has 1 rings (SSSR count). The van der Waals surface area contributed by atoms with Gasteiger partial charge < -0.3 is 5.32 Å². The summed E-state index contributed by atoms with van der Waals surface area (Å²) in [4.78, 5) is 0. The number of rotatable bonds is 6. The van der Waals surface area contributed by atoms with Crippen molar-refractivity contribution >= 4 is 0 Å². The Kier molecular flexibility index (Phi) is 5.05. The van der Waals surface area contributed by atoms with Crippen molar-refractivity contribution in [3.05, 3.63) is 47.8 Å². The van der Waals surface area contributed by atoms with Crippen LogP contribution < -0.4 is 5.32 Å². The Morgan fingerprint density at radius 1 is 1.40 bits per heavy atom. The van der Waals surface area contributed by atoms with E-state index in [2.05, 4.69) is 11.9 Å². The Balaban J connectivity index is 2.17. The lowest BCUT2D eigenvalue weighted by molar-refractivity contribution is 0.622. The van der Waals surface area contributed by atoms with Gasteiger partial charge in [0.15, 0.2) is 0 Å². The van der Waals surface area contributed by atoms with Crippen molar-refractivity contribution in [2.45, 2.75) is 19.8 Å². The van der Waals surface area contributed by atoms with Crippen LogP contribution in [0.3, 0.4) is 0 Å². The van der Waals surface area contributed by atoms with E-state index < -0.39 is 0 Å². The Morgan fingerprint density at radius 3 is 2.87 bits per heavy atom. The zero-order valence-corrected chi connectivity index (χ0v) is 9.22. The normalized spacial score (nSPS) is 10.3. The maximum Gasteiger partial charge on any atom is 0.123 e. The molecule has 2 heteroatoms. The molecule has 0 aromatic heterocycles. The first-order chi connectivity index (χ1) is 7.18. The number of benzene rings is 1. The van der Waals surface area contributed by atoms with Crippen molar-refractivity contribution in [3.63, 3.8) is 0 Å². The van der Waals surface area contributed by atoms with Gasteiger partial charge in [-0.15, -0.1) is 6.58 Å². The predicted molar refractivity (Wildman–Crippen MR) is 62.4 cm³/mol. The van der Waals surface area contributed by atoms with E-state index in [-0.39, 0.29) is 5.82 Å². The predicted octanol–water partition coefficient (Wildman–Crippen LogP) is 2.92. The van der Waals surface area contributed by atoms with Crippen LogP contribution in [-0.2, 0) is 6.42 Å². The van der Waals surface area contributed by atoms with E-state index in [0.717, 1.165) is 31.5 Å². The van der Waals surface area contributed by atoms with Crippen molar-refractivity contribution in [2.75, 3.05) is 13.1 Å². The van der Waals surface area contributed by atoms with Crippen molar-refractivity contribution in [1.29, 1.82) is 0 Å². The van der Waals surface area contributed by atoms with Crippen LogP contribution in [0.1, 0.15) is 18.9 Å². The summed E-state index contributed by atoms with van der Waals surface area (Å²) in [6.07, 6.45) is 1.87. The molecule has 0 saturated carbocycles. The van der Waals surface area contributed by atoms with Gasteiger partial charge in [0, 0.05) is 0 Å². The van der Waals surface area contributed by atoms with Gasteiger partial charge >= 0.3 is 0 Å². The fraction of sp³-hybridized carbons (Fsp3) is 0.385. The third kappa shape index (κ3) is 5.33. The maximum atomic E-state index is 12.8. The molecule has 0 heterocycles. The average Bonchev–Trinajstić information content (AvgIpc) is 2.17. The van der Waals surface area contributed by atoms with Gasteiger partial charge in [0.25, 0.3) is 0 Å². The van der Waals surface area contributed by atoms with Crippen LogP contribution in [0.2, 0.25) is 0 Å². The van der Waals surface area contributed by atoms with Gasteiger partial charge in [0.2, 0.25) is 0 Å². The summed E-state index contributed by atoms with van der Waals surface area (Å²) in [6.45, 7) is 7.69. The molecule has 0 bridgehead atoms. The van der Waals surface area contributed by atoms with E-state index in [1.807, 2.05) is 13.0 Å². The first-order valence-electron chi connectivity index (χ1n) is 5.28. The number of halogens is 1. The second-order valence-corrected chi connectivity index (χ2v) is 3.84. The molecule has 0 amide bonds. The molecule has 0 atom stereocenters. The van der Waals surface area contributed by atoms with Gasteiger partial charge in [0.05, 0.1) is 0 Å². The van der Waals surface area contributed by atoms with Crippen LogP contribution in [0.4, 0.5) is 4.39 Å². The molecule has 0 radical (unpaired) electrons. The van der Waals surface area contributed by atoms with E-state index in [1.165, 1.54) is 11.6 Å². The highest BCUT2D eigenvalue weighted by atomic mass is 19.1. The summed E-state index contributed by atoms with van der Waals surface area (Å²) in [6, 6.07) is 6.75. The number of nitrogens with one attached hydrogen (secondary N) is 1. The van der Waals surface area contributed by atoms with Gasteiger partial charge in [-0.1, -0.05) is 17.7 Å². The maximum absolute atomic E-state index is 12.8. The van der Waals surface area contributed by atoms with E-state index in [9.17, 15) is 4.39 Å². The molecule has 82 valence electrons. The summed E-state index contributed by atoms with van der Waals surface area (Å²) >= 11 is 0. The minimum Gasteiger partial charge on any atom is -0.316 e. The van der Waals surface area contributed by atoms with Crippen LogP contribution >= 0.6 is 0 Å². The Bertz CT molecular complexity index is 320. The SMILES string of the molecule is C=C(C)CCNCCc1cccc(F)c1. The molecule has 1 N–H and O–H groups in total. The van der Waals surface area contributed by atoms with Crippen LogP contribution in [0.15, 0.2) is 36.4 Å². The molecule has 1 aromatic carbocycles. The summed E-state index contributed by atoms with van der Waals surface area (Å²) in [7, 11) is 0. The quantitative estimate of drug-likeness (QED) is 0.558. The second-order valence-electron chi connectivity index (χ2n) is 3.84. The lowest BCUT2D eigenvalue weighted by atomic mass is 10.1. The van der Waals surface area contributed by atoms with Crippen LogP contribution in [0.5, 0.6) is 0 Å². The van der Waals surface area contributed by atoms with Crippen molar-refractivity contribution in [1.82, 2.24) is 5.32 Å². The first kappa shape index (κ1) is 11.9. The monoisotopic (exact) mass is 207 g/mol. The highest BCUT2D eigenvalue weighted by Crippen LogP contribution is 2.03. The molecular formula is C13H18FN. The second kappa shape index (κ2) is 6.36. The third-order valence-electron chi connectivity index (χ3n) is 2.21. The molecule has 0 spiro atoms. The Morgan fingerprint density at radius 2 is 2.20 bits per heavy atom. The summed E-state index contributed by atoms with van der Waals surface area (Å²) < 4.78 is 12.8. The molecule has 0 aliphatic carbocycles. The van der Waals surface area contributed by atoms with E-state index in [1.54, 1.807) is 12.1 Å². The van der Waals surface area contributed by atoms with Gasteiger partial charge in [-0.05, 0) is 50.6 Å². The minimum atomic E-state index is -0.158. The molecule has 0 aliphatic heterocycles. The summed E-state index contributed by atoms with van der Waals surface area (Å²) in [5.74, 6) is -0.158. The molecule has 1 aromatic rings. The molecule has 0 saturated heterocycles. The van der Waals surface area contributed by atoms with Crippen LogP contribution in [0.25, 0.3) is 0 Å². The molecular weight excluding hydrogens is 189 g/mol. The molecule has 0 fully saturated rings. The van der Waals surface area contributed by atoms with Crippen molar-refractivity contribution in [3.8, 4) is 0 Å². The van der Waals surface area contributed by atoms with Crippen molar-refractivity contribution in [2.24, 2.45) is 0 Å². The zero-order chi connectivity index (χ0) is 11.1. The van der Waals surface area contributed by atoms with E-state index in [0.29, 0.717) is 0 Å². The summed E-state index contributed by atoms with van der Waals surface area (Å²) in [5, 5.41) is 3.30. The zero-order valence-electron chi connectivity index (χ0n) is 9.22. The topological polar surface area (TPSA) is 12.0 Å². The standard InChI is InChI=1S/C13H18FN/c1-11(2)6-8-15-9-7-12-4-3-5-13(14)10-12/h3-5,10,15H,1,6-9H2,2H3. The first-order valence-corrected chi connectivity index (χ1v) is 5.28. The van der Waals surface area contributed by atoms with E-state index >= 15 is 0 Å². The molecule has 0 unspecified atom stereocenters. The minimum absolute atomic E-state index is 0.158. The molecule has 15 heavy (non-hydrogen) atoms. The van der Waals surface area contributed by atoms with E-state index in [4.69, 9.17) is 0 Å².